The van der Waals surface area contributed by atoms with Gasteiger partial charge in [0.15, 0.2) is 5.84 Å². The molecule has 1 saturated carbocycles. The van der Waals surface area contributed by atoms with Crippen molar-refractivity contribution in [2.45, 2.75) is 63.9 Å². The summed E-state index contributed by atoms with van der Waals surface area (Å²) < 4.78 is 33.1. The first-order valence-electron chi connectivity index (χ1n) is 11.4. The number of hydrogen-bond donors (Lipinski definition) is 3. The number of aromatic nitrogens is 3. The molecule has 0 unspecified atom stereocenters. The topological polar surface area (TPSA) is 141 Å². The molecule has 1 aliphatic heterocycles. The van der Waals surface area contributed by atoms with E-state index >= 15 is 0 Å². The third kappa shape index (κ3) is 5.28. The lowest BCUT2D eigenvalue weighted by Crippen LogP contribution is -2.46. The summed E-state index contributed by atoms with van der Waals surface area (Å²) in [7, 11) is 0. The van der Waals surface area contributed by atoms with E-state index in [1.807, 2.05) is 0 Å². The molecule has 1 aliphatic carbocycles. The number of piperidine rings is 1. The molecule has 3 heterocycles. The van der Waals surface area contributed by atoms with Gasteiger partial charge < -0.3 is 25.1 Å². The molecule has 0 spiro atoms. The van der Waals surface area contributed by atoms with Crippen LogP contribution < -0.4 is 10.9 Å². The first kappa shape index (κ1) is 24.6. The molecule has 4 rings (SSSR count). The molecular weight excluding hydrogens is 466 g/mol. The van der Waals surface area contributed by atoms with Gasteiger partial charge in [0, 0.05) is 43.8 Å². The van der Waals surface area contributed by atoms with Crippen LogP contribution in [0.5, 0.6) is 0 Å². The van der Waals surface area contributed by atoms with Gasteiger partial charge in [-0.2, -0.15) is 5.10 Å². The Morgan fingerprint density at radius 3 is 2.51 bits per heavy atom. The number of nitrogens with one attached hydrogen (secondary N) is 2. The monoisotopic (exact) mass is 494 g/mol. The fourth-order valence-corrected chi connectivity index (χ4v) is 4.37. The number of likely N-dealkylation sites (tertiary alicyclic amines) is 1. The Morgan fingerprint density at radius 1 is 1.29 bits per heavy atom. The van der Waals surface area contributed by atoms with Crippen molar-refractivity contribution in [1.82, 2.24) is 24.8 Å². The Hall–Kier alpha value is -3.51. The van der Waals surface area contributed by atoms with Gasteiger partial charge >= 0.3 is 6.09 Å². The first-order chi connectivity index (χ1) is 16.4. The average Bonchev–Trinajstić information content (AvgIpc) is 3.17. The van der Waals surface area contributed by atoms with Gasteiger partial charge in [0.05, 0.1) is 17.5 Å². The number of carbonyl (C=O) groups excluding carboxylic acids is 2. The fraction of sp³-hybridized carbons (Fsp3) is 0.591. The van der Waals surface area contributed by atoms with Crippen molar-refractivity contribution >= 4 is 23.5 Å². The van der Waals surface area contributed by atoms with Gasteiger partial charge in [-0.25, -0.2) is 18.1 Å². The number of rotatable bonds is 3. The summed E-state index contributed by atoms with van der Waals surface area (Å²) in [5.41, 5.74) is -0.0996. The highest BCUT2D eigenvalue weighted by Crippen LogP contribution is 2.42. The zero-order chi connectivity index (χ0) is 25.5. The van der Waals surface area contributed by atoms with E-state index in [-0.39, 0.29) is 23.0 Å². The molecular formula is C22H28F2N6O5. The number of carbonyl (C=O) groups is 2. The molecule has 0 atom stereocenters. The Labute approximate surface area is 199 Å². The van der Waals surface area contributed by atoms with Crippen LogP contribution in [0.2, 0.25) is 0 Å². The second-order valence-corrected chi connectivity index (χ2v) is 10.0. The average molecular weight is 494 g/mol. The lowest BCUT2D eigenvalue weighted by atomic mass is 9.81. The summed E-state index contributed by atoms with van der Waals surface area (Å²) in [5, 5.41) is 19.2. The van der Waals surface area contributed by atoms with Crippen molar-refractivity contribution in [3.63, 3.8) is 0 Å². The van der Waals surface area contributed by atoms with E-state index in [1.54, 1.807) is 25.7 Å². The van der Waals surface area contributed by atoms with E-state index in [1.165, 1.54) is 16.8 Å². The molecule has 2 aromatic heterocycles. The molecule has 0 bridgehead atoms. The second-order valence-electron chi connectivity index (χ2n) is 10.0. The third-order valence-corrected chi connectivity index (χ3v) is 6.16. The van der Waals surface area contributed by atoms with Gasteiger partial charge in [0.2, 0.25) is 11.8 Å². The number of oxime groups is 1. The maximum Gasteiger partial charge on any atom is 0.410 e. The molecule has 35 heavy (non-hydrogen) atoms. The van der Waals surface area contributed by atoms with E-state index in [2.05, 4.69) is 20.6 Å². The van der Waals surface area contributed by atoms with Crippen molar-refractivity contribution in [2.24, 2.45) is 11.1 Å². The Kier molecular flexibility index (Phi) is 6.28. The Balaban J connectivity index is 1.52. The van der Waals surface area contributed by atoms with Gasteiger partial charge in [0.1, 0.15) is 11.2 Å². The number of ether oxygens (including phenoxy) is 1. The number of aromatic amines is 1. The summed E-state index contributed by atoms with van der Waals surface area (Å²) in [6.45, 7) is 6.27. The quantitative estimate of drug-likeness (QED) is 0.259. The van der Waals surface area contributed by atoms with Gasteiger partial charge in [-0.05, 0) is 33.6 Å². The number of H-pyrrole nitrogens is 1. The molecule has 11 nitrogen and oxygen atoms in total. The van der Waals surface area contributed by atoms with Crippen LogP contribution in [0, 0.1) is 5.92 Å². The van der Waals surface area contributed by atoms with Crippen molar-refractivity contribution in [3.8, 4) is 0 Å². The lowest BCUT2D eigenvalue weighted by Gasteiger charge is -2.33. The molecule has 190 valence electrons. The van der Waals surface area contributed by atoms with Crippen LogP contribution in [-0.2, 0) is 9.53 Å². The summed E-state index contributed by atoms with van der Waals surface area (Å²) in [6.07, 6.45) is 0.915. The van der Waals surface area contributed by atoms with Crippen molar-refractivity contribution < 1.29 is 28.3 Å². The van der Waals surface area contributed by atoms with Crippen LogP contribution in [0.15, 0.2) is 22.2 Å². The molecule has 1 saturated heterocycles. The Morgan fingerprint density at radius 2 is 1.94 bits per heavy atom. The van der Waals surface area contributed by atoms with E-state index in [9.17, 15) is 28.4 Å². The summed E-state index contributed by atoms with van der Waals surface area (Å²) in [6, 6.07) is 1.42. The molecule has 0 radical (unpaired) electrons. The SMILES string of the molecule is CC(C)(C)OC(=O)N1CCC(c2cc(=O)[nH]c3c(C(=NO)NC(=O)C4CC(F)(F)C4)cnn23)CC1. The smallest absolute Gasteiger partial charge is 0.410 e. The van der Waals surface area contributed by atoms with Crippen LogP contribution in [0.4, 0.5) is 13.6 Å². The van der Waals surface area contributed by atoms with E-state index in [4.69, 9.17) is 4.74 Å². The normalized spacial score (nSPS) is 19.5. The second kappa shape index (κ2) is 8.93. The van der Waals surface area contributed by atoms with E-state index in [0.717, 1.165) is 0 Å². The van der Waals surface area contributed by atoms with E-state index in [0.29, 0.717) is 31.6 Å². The van der Waals surface area contributed by atoms with Gasteiger partial charge in [-0.3, -0.25) is 9.59 Å². The molecule has 2 fully saturated rings. The zero-order valence-electron chi connectivity index (χ0n) is 19.7. The predicted molar refractivity (Wildman–Crippen MR) is 120 cm³/mol. The predicted octanol–water partition coefficient (Wildman–Crippen LogP) is 2.43. The zero-order valence-corrected chi connectivity index (χ0v) is 19.7. The van der Waals surface area contributed by atoms with Crippen molar-refractivity contribution in [2.75, 3.05) is 13.1 Å². The standard InChI is InChI=1S/C22H28F2N6O5/c1-21(2,3)35-20(33)29-6-4-12(5-7-29)15-8-16(31)26-18-14(11-25-30(15)18)17(28-34)27-19(32)13-9-22(23,24)10-13/h8,11-13,34H,4-7,9-10H2,1-3H3,(H,26,31)(H,27,28,32). The molecule has 2 aromatic rings. The minimum atomic E-state index is -2.87. The highest BCUT2D eigenvalue weighted by molar-refractivity contribution is 6.11. The highest BCUT2D eigenvalue weighted by Gasteiger charge is 2.49. The van der Waals surface area contributed by atoms with Gasteiger partial charge in [-0.15, -0.1) is 0 Å². The largest absolute Gasteiger partial charge is 0.444 e. The number of amidine groups is 1. The number of halogens is 2. The molecule has 2 amide bonds. The van der Waals surface area contributed by atoms with Crippen molar-refractivity contribution in [3.05, 3.63) is 33.9 Å². The van der Waals surface area contributed by atoms with Crippen LogP contribution in [-0.4, -0.2) is 67.2 Å². The number of nitrogens with zero attached hydrogens (tertiary/aromatic N) is 4. The summed E-state index contributed by atoms with van der Waals surface area (Å²) >= 11 is 0. The third-order valence-electron chi connectivity index (χ3n) is 6.16. The first-order valence-corrected chi connectivity index (χ1v) is 11.4. The van der Waals surface area contributed by atoms with Crippen LogP contribution >= 0.6 is 0 Å². The summed E-state index contributed by atoms with van der Waals surface area (Å²) in [5.74, 6) is -4.85. The number of fused-ring (bicyclic) bond motifs is 1. The van der Waals surface area contributed by atoms with Crippen LogP contribution in [0.3, 0.4) is 0 Å². The van der Waals surface area contributed by atoms with Crippen LogP contribution in [0.1, 0.15) is 63.6 Å². The minimum absolute atomic E-state index is 0.0902. The number of hydrogen-bond acceptors (Lipinski definition) is 7. The minimum Gasteiger partial charge on any atom is -0.444 e. The maximum atomic E-state index is 13.1. The molecule has 3 N–H and O–H groups in total. The van der Waals surface area contributed by atoms with E-state index < -0.39 is 47.8 Å². The van der Waals surface area contributed by atoms with Gasteiger partial charge in [0.25, 0.3) is 5.56 Å². The molecule has 2 aliphatic rings. The fourth-order valence-electron chi connectivity index (χ4n) is 4.37. The lowest BCUT2D eigenvalue weighted by molar-refractivity contribution is -0.148. The number of alkyl halides is 2. The Bertz CT molecular complexity index is 1220. The maximum absolute atomic E-state index is 13.1. The number of amides is 2. The van der Waals surface area contributed by atoms with Crippen LogP contribution in [0.25, 0.3) is 5.65 Å². The summed E-state index contributed by atoms with van der Waals surface area (Å²) in [4.78, 5) is 41.3. The van der Waals surface area contributed by atoms with Crippen molar-refractivity contribution in [1.29, 1.82) is 0 Å². The highest BCUT2D eigenvalue weighted by atomic mass is 19.3. The van der Waals surface area contributed by atoms with Gasteiger partial charge in [-0.1, -0.05) is 5.16 Å². The molecule has 13 heteroatoms. The molecule has 0 aromatic carbocycles.